The summed E-state index contributed by atoms with van der Waals surface area (Å²) in [6.07, 6.45) is 4.99. The lowest BCUT2D eigenvalue weighted by Gasteiger charge is -2.23. The fourth-order valence-electron chi connectivity index (χ4n) is 2.47. The monoisotopic (exact) mass is 308 g/mol. The molecule has 1 unspecified atom stereocenters. The maximum absolute atomic E-state index is 12.3. The van der Waals surface area contributed by atoms with Crippen molar-refractivity contribution < 1.29 is 4.79 Å². The van der Waals surface area contributed by atoms with Crippen LogP contribution in [-0.4, -0.2) is 16.9 Å². The molecule has 0 spiro atoms. The summed E-state index contributed by atoms with van der Waals surface area (Å²) in [7, 11) is 0. The number of carbonyl (C=O) groups excluding carboxylic acids is 1. The number of nitrogens with zero attached hydrogens (tertiary/aromatic N) is 1. The zero-order chi connectivity index (χ0) is 16.7. The van der Waals surface area contributed by atoms with Gasteiger partial charge in [0.05, 0.1) is 5.56 Å². The normalized spacial score (nSPS) is 12.0. The SMILES string of the molecule is C=C(CCC(NC(=O)c1cccnc1)C(C)C)c1ccccc1. The molecule has 0 aliphatic carbocycles. The van der Waals surface area contributed by atoms with Crippen molar-refractivity contribution in [1.29, 1.82) is 0 Å². The van der Waals surface area contributed by atoms with Gasteiger partial charge in [0.15, 0.2) is 0 Å². The Bertz CT molecular complexity index is 635. The van der Waals surface area contributed by atoms with E-state index in [1.165, 1.54) is 0 Å². The molecule has 1 aromatic heterocycles. The second-order valence-corrected chi connectivity index (χ2v) is 6.07. The second kappa shape index (κ2) is 8.28. The minimum atomic E-state index is -0.0675. The molecule has 0 aliphatic rings. The van der Waals surface area contributed by atoms with Crippen molar-refractivity contribution in [2.24, 2.45) is 5.92 Å². The number of amides is 1. The predicted molar refractivity (Wildman–Crippen MR) is 95.0 cm³/mol. The van der Waals surface area contributed by atoms with Crippen LogP contribution in [0, 0.1) is 5.92 Å². The van der Waals surface area contributed by atoms with Crippen molar-refractivity contribution in [3.05, 3.63) is 72.6 Å². The Morgan fingerprint density at radius 2 is 1.83 bits per heavy atom. The van der Waals surface area contributed by atoms with E-state index < -0.39 is 0 Å². The number of carbonyl (C=O) groups is 1. The maximum Gasteiger partial charge on any atom is 0.253 e. The van der Waals surface area contributed by atoms with Gasteiger partial charge in [0.25, 0.3) is 5.91 Å². The topological polar surface area (TPSA) is 42.0 Å². The first-order valence-electron chi connectivity index (χ1n) is 8.02. The van der Waals surface area contributed by atoms with Crippen LogP contribution in [-0.2, 0) is 0 Å². The van der Waals surface area contributed by atoms with Crippen LogP contribution in [0.5, 0.6) is 0 Å². The van der Waals surface area contributed by atoms with Gasteiger partial charge >= 0.3 is 0 Å². The lowest BCUT2D eigenvalue weighted by atomic mass is 9.94. The van der Waals surface area contributed by atoms with Crippen molar-refractivity contribution >= 4 is 11.5 Å². The van der Waals surface area contributed by atoms with Crippen molar-refractivity contribution in [1.82, 2.24) is 10.3 Å². The Morgan fingerprint density at radius 3 is 2.43 bits per heavy atom. The molecule has 1 heterocycles. The molecular weight excluding hydrogens is 284 g/mol. The Hall–Kier alpha value is -2.42. The average Bonchev–Trinajstić information content (AvgIpc) is 2.59. The Balaban J connectivity index is 1.94. The van der Waals surface area contributed by atoms with E-state index in [-0.39, 0.29) is 11.9 Å². The van der Waals surface area contributed by atoms with Gasteiger partial charge in [0.1, 0.15) is 0 Å². The van der Waals surface area contributed by atoms with E-state index in [0.717, 1.165) is 24.0 Å². The van der Waals surface area contributed by atoms with Crippen LogP contribution in [0.3, 0.4) is 0 Å². The van der Waals surface area contributed by atoms with Crippen molar-refractivity contribution in [2.45, 2.75) is 32.7 Å². The minimum absolute atomic E-state index is 0.0675. The van der Waals surface area contributed by atoms with Crippen molar-refractivity contribution in [3.8, 4) is 0 Å². The van der Waals surface area contributed by atoms with Crippen LogP contribution in [0.2, 0.25) is 0 Å². The Labute approximate surface area is 138 Å². The van der Waals surface area contributed by atoms with Crippen LogP contribution in [0.4, 0.5) is 0 Å². The predicted octanol–water partition coefficient (Wildman–Crippen LogP) is 4.33. The molecule has 0 radical (unpaired) electrons. The number of rotatable bonds is 7. The van der Waals surface area contributed by atoms with Crippen LogP contribution in [0.1, 0.15) is 42.6 Å². The summed E-state index contributed by atoms with van der Waals surface area (Å²) >= 11 is 0. The lowest BCUT2D eigenvalue weighted by Crippen LogP contribution is -2.38. The van der Waals surface area contributed by atoms with Gasteiger partial charge in [-0.25, -0.2) is 0 Å². The zero-order valence-electron chi connectivity index (χ0n) is 13.8. The molecule has 23 heavy (non-hydrogen) atoms. The summed E-state index contributed by atoms with van der Waals surface area (Å²) in [4.78, 5) is 16.3. The summed E-state index contributed by atoms with van der Waals surface area (Å²) < 4.78 is 0. The number of hydrogen-bond donors (Lipinski definition) is 1. The Morgan fingerprint density at radius 1 is 1.13 bits per heavy atom. The van der Waals surface area contributed by atoms with Crippen LogP contribution >= 0.6 is 0 Å². The molecule has 1 atom stereocenters. The average molecular weight is 308 g/mol. The van der Waals surface area contributed by atoms with Gasteiger partial charge < -0.3 is 5.32 Å². The van der Waals surface area contributed by atoms with Crippen LogP contribution < -0.4 is 5.32 Å². The number of pyridine rings is 1. The molecule has 120 valence electrons. The summed E-state index contributed by atoms with van der Waals surface area (Å²) in [5, 5.41) is 3.12. The fraction of sp³-hybridized carbons (Fsp3) is 0.300. The highest BCUT2D eigenvalue weighted by atomic mass is 16.1. The van der Waals surface area contributed by atoms with Gasteiger partial charge in [0, 0.05) is 18.4 Å². The van der Waals surface area contributed by atoms with Crippen LogP contribution in [0.25, 0.3) is 5.57 Å². The highest BCUT2D eigenvalue weighted by Gasteiger charge is 2.17. The summed E-state index contributed by atoms with van der Waals surface area (Å²) in [6.45, 7) is 8.42. The number of allylic oxidation sites excluding steroid dienone is 1. The number of benzene rings is 1. The molecule has 0 saturated heterocycles. The molecular formula is C20H24N2O. The zero-order valence-corrected chi connectivity index (χ0v) is 13.8. The molecule has 0 saturated carbocycles. The van der Waals surface area contributed by atoms with Crippen molar-refractivity contribution in [2.75, 3.05) is 0 Å². The largest absolute Gasteiger partial charge is 0.349 e. The quantitative estimate of drug-likeness (QED) is 0.827. The highest BCUT2D eigenvalue weighted by molar-refractivity contribution is 5.94. The lowest BCUT2D eigenvalue weighted by molar-refractivity contribution is 0.0923. The summed E-state index contributed by atoms with van der Waals surface area (Å²) in [5.41, 5.74) is 2.86. The summed E-state index contributed by atoms with van der Waals surface area (Å²) in [6, 6.07) is 13.8. The maximum atomic E-state index is 12.3. The van der Waals surface area contributed by atoms with Gasteiger partial charge in [0.2, 0.25) is 0 Å². The molecule has 0 fully saturated rings. The fourth-order valence-corrected chi connectivity index (χ4v) is 2.47. The van der Waals surface area contributed by atoms with Gasteiger partial charge in [-0.15, -0.1) is 0 Å². The van der Waals surface area contributed by atoms with E-state index in [1.807, 2.05) is 18.2 Å². The molecule has 2 aromatic rings. The van der Waals surface area contributed by atoms with E-state index in [4.69, 9.17) is 0 Å². The third-order valence-electron chi connectivity index (χ3n) is 3.98. The molecule has 0 aliphatic heterocycles. The number of hydrogen-bond acceptors (Lipinski definition) is 2. The molecule has 1 N–H and O–H groups in total. The standard InChI is InChI=1S/C20H24N2O/c1-15(2)19(22-20(23)18-10-7-13-21-14-18)12-11-16(3)17-8-5-4-6-9-17/h4-10,13-15,19H,3,11-12H2,1-2H3,(H,22,23). The first-order valence-corrected chi connectivity index (χ1v) is 8.02. The van der Waals surface area contributed by atoms with Crippen LogP contribution in [0.15, 0.2) is 61.4 Å². The first kappa shape index (κ1) is 16.9. The third kappa shape index (κ3) is 5.06. The molecule has 3 nitrogen and oxygen atoms in total. The Kier molecular flexibility index (Phi) is 6.10. The first-order chi connectivity index (χ1) is 11.1. The molecule has 2 rings (SSSR count). The third-order valence-corrected chi connectivity index (χ3v) is 3.98. The molecule has 0 bridgehead atoms. The second-order valence-electron chi connectivity index (χ2n) is 6.07. The number of aromatic nitrogens is 1. The van der Waals surface area contributed by atoms with E-state index in [1.54, 1.807) is 24.5 Å². The van der Waals surface area contributed by atoms with Gasteiger partial charge in [-0.2, -0.15) is 0 Å². The smallest absolute Gasteiger partial charge is 0.253 e. The van der Waals surface area contributed by atoms with E-state index >= 15 is 0 Å². The number of nitrogens with one attached hydrogen (secondary N) is 1. The van der Waals surface area contributed by atoms with Crippen molar-refractivity contribution in [3.63, 3.8) is 0 Å². The molecule has 3 heteroatoms. The molecule has 1 aromatic carbocycles. The molecule has 1 amide bonds. The van der Waals surface area contributed by atoms with Gasteiger partial charge in [-0.1, -0.05) is 50.8 Å². The van der Waals surface area contributed by atoms with E-state index in [0.29, 0.717) is 11.5 Å². The highest BCUT2D eigenvalue weighted by Crippen LogP contribution is 2.20. The van der Waals surface area contributed by atoms with E-state index in [2.05, 4.69) is 42.9 Å². The van der Waals surface area contributed by atoms with Gasteiger partial charge in [-0.3, -0.25) is 9.78 Å². The minimum Gasteiger partial charge on any atom is -0.349 e. The summed E-state index contributed by atoms with van der Waals surface area (Å²) in [5.74, 6) is 0.293. The van der Waals surface area contributed by atoms with Gasteiger partial charge in [-0.05, 0) is 42.0 Å². The van der Waals surface area contributed by atoms with E-state index in [9.17, 15) is 4.79 Å².